The van der Waals surface area contributed by atoms with Gasteiger partial charge in [0.25, 0.3) is 0 Å². The first-order chi connectivity index (χ1) is 10.7. The van der Waals surface area contributed by atoms with Crippen molar-refractivity contribution in [3.63, 3.8) is 0 Å². The van der Waals surface area contributed by atoms with E-state index in [2.05, 4.69) is 52.0 Å². The fraction of sp³-hybridized carbons (Fsp3) is 0.636. The number of hydrogen-bond acceptors (Lipinski definition) is 0. The van der Waals surface area contributed by atoms with Crippen LogP contribution in [0.5, 0.6) is 0 Å². The van der Waals surface area contributed by atoms with Crippen molar-refractivity contribution >= 4 is 0 Å². The van der Waals surface area contributed by atoms with E-state index in [-0.39, 0.29) is 50.7 Å². The van der Waals surface area contributed by atoms with Crippen molar-refractivity contribution in [2.45, 2.75) is 91.9 Å². The van der Waals surface area contributed by atoms with Crippen molar-refractivity contribution in [1.29, 1.82) is 0 Å². The first-order valence-corrected chi connectivity index (χ1v) is 9.22. The van der Waals surface area contributed by atoms with Crippen LogP contribution in [0.1, 0.15) is 91.9 Å². The van der Waals surface area contributed by atoms with Gasteiger partial charge in [0.05, 0.1) is 0 Å². The van der Waals surface area contributed by atoms with Gasteiger partial charge in [-0.1, -0.05) is 91.9 Å². The molecule has 0 nitrogen and oxygen atoms in total. The standard InChI is InChI=1S/2C11H17.2ClH.Hf/c2*1-3-4-5-6-11-8-7-10(2)9-11;;;/h2*8H,3-7H2,1-2H3;2*1H;/q2*-1;;;+4/p-2. The van der Waals surface area contributed by atoms with Crippen molar-refractivity contribution in [3.8, 4) is 0 Å². The van der Waals surface area contributed by atoms with Gasteiger partial charge >= 0.3 is 25.8 Å². The zero-order valence-electron chi connectivity index (χ0n) is 16.5. The molecule has 3 heteroatoms. The van der Waals surface area contributed by atoms with E-state index in [0.717, 1.165) is 12.8 Å². The van der Waals surface area contributed by atoms with Crippen molar-refractivity contribution in [3.05, 3.63) is 46.6 Å². The molecule has 0 saturated carbocycles. The van der Waals surface area contributed by atoms with E-state index in [1.807, 2.05) is 0 Å². The first-order valence-electron chi connectivity index (χ1n) is 9.22. The molecule has 25 heavy (non-hydrogen) atoms. The summed E-state index contributed by atoms with van der Waals surface area (Å²) in [5.41, 5.74) is 5.68. The topological polar surface area (TPSA) is 0 Å². The van der Waals surface area contributed by atoms with Gasteiger partial charge in [0, 0.05) is 0 Å². The zero-order valence-corrected chi connectivity index (χ0v) is 21.6. The summed E-state index contributed by atoms with van der Waals surface area (Å²) in [5, 5.41) is 0. The minimum atomic E-state index is 0. The SMILES string of the molecule is CCCCCC1=CCC(C)=[C-]1.CCCCCC1=CCC(C)=[C-]1.[Cl-].[Cl-].[Hf+4]. The summed E-state index contributed by atoms with van der Waals surface area (Å²) in [6, 6.07) is 0. The molecule has 0 amide bonds. The molecule has 2 aliphatic rings. The predicted octanol–water partition coefficient (Wildman–Crippen LogP) is 1.30. The Morgan fingerprint density at radius 3 is 1.32 bits per heavy atom. The molecular weight excluding hydrogens is 514 g/mol. The molecule has 0 N–H and O–H groups in total. The molecule has 0 aromatic rings. The van der Waals surface area contributed by atoms with Crippen LogP contribution < -0.4 is 24.8 Å². The second-order valence-corrected chi connectivity index (χ2v) is 6.59. The van der Waals surface area contributed by atoms with E-state index in [4.69, 9.17) is 0 Å². The Labute approximate surface area is 188 Å². The number of halogens is 2. The minimum Gasteiger partial charge on any atom is -1.00 e. The van der Waals surface area contributed by atoms with Crippen LogP contribution in [0, 0.1) is 12.2 Å². The molecule has 0 bridgehead atoms. The zero-order chi connectivity index (χ0) is 16.2. The summed E-state index contributed by atoms with van der Waals surface area (Å²) < 4.78 is 0. The van der Waals surface area contributed by atoms with Gasteiger partial charge in [-0.3, -0.25) is 0 Å². The fourth-order valence-electron chi connectivity index (χ4n) is 2.76. The van der Waals surface area contributed by atoms with Gasteiger partial charge in [0.2, 0.25) is 0 Å². The minimum absolute atomic E-state index is 0. The molecule has 0 aliphatic heterocycles. The van der Waals surface area contributed by atoms with Crippen LogP contribution >= 0.6 is 0 Å². The van der Waals surface area contributed by atoms with Crippen molar-refractivity contribution < 1.29 is 50.7 Å². The molecule has 0 fully saturated rings. The van der Waals surface area contributed by atoms with Crippen LogP contribution in [0.3, 0.4) is 0 Å². The second-order valence-electron chi connectivity index (χ2n) is 6.59. The average molecular weight is 548 g/mol. The Morgan fingerprint density at radius 2 is 1.08 bits per heavy atom. The molecule has 0 radical (unpaired) electrons. The van der Waals surface area contributed by atoms with Crippen LogP contribution in [0.15, 0.2) is 34.4 Å². The van der Waals surface area contributed by atoms with Crippen LogP contribution in [0.4, 0.5) is 0 Å². The van der Waals surface area contributed by atoms with E-state index < -0.39 is 0 Å². The summed E-state index contributed by atoms with van der Waals surface area (Å²) >= 11 is 0. The fourth-order valence-corrected chi connectivity index (χ4v) is 2.76. The molecular formula is C22H34Cl2Hf. The normalized spacial score (nSPS) is 14.6. The number of allylic oxidation sites excluding steroid dienone is 8. The molecule has 0 atom stereocenters. The third-order valence-corrected chi connectivity index (χ3v) is 4.16. The summed E-state index contributed by atoms with van der Waals surface area (Å²) in [7, 11) is 0. The third-order valence-electron chi connectivity index (χ3n) is 4.16. The van der Waals surface area contributed by atoms with E-state index in [0.29, 0.717) is 0 Å². The Bertz CT molecular complexity index is 403. The van der Waals surface area contributed by atoms with Gasteiger partial charge < -0.3 is 24.8 Å². The number of hydrogen-bond donors (Lipinski definition) is 0. The summed E-state index contributed by atoms with van der Waals surface area (Å²) in [6.45, 7) is 8.80. The quantitative estimate of drug-likeness (QED) is 0.244. The molecule has 0 spiro atoms. The van der Waals surface area contributed by atoms with E-state index in [9.17, 15) is 0 Å². The molecule has 0 aromatic carbocycles. The Hall–Kier alpha value is 0.410. The molecule has 140 valence electrons. The number of unbranched alkanes of at least 4 members (excludes halogenated alkanes) is 4. The van der Waals surface area contributed by atoms with Crippen molar-refractivity contribution in [2.24, 2.45) is 0 Å². The van der Waals surface area contributed by atoms with Crippen LogP contribution in [-0.4, -0.2) is 0 Å². The van der Waals surface area contributed by atoms with Gasteiger partial charge in [-0.15, -0.1) is 0 Å². The second kappa shape index (κ2) is 19.2. The molecule has 0 heterocycles. The Kier molecular flexibility index (Phi) is 23.1. The molecule has 0 unspecified atom stereocenters. The largest absolute Gasteiger partial charge is 4.00 e. The monoisotopic (exact) mass is 548 g/mol. The Balaban J connectivity index is -0.000000346. The molecule has 2 aliphatic carbocycles. The summed E-state index contributed by atoms with van der Waals surface area (Å²) in [5.74, 6) is 0. The van der Waals surface area contributed by atoms with E-state index in [1.165, 1.54) is 73.7 Å². The van der Waals surface area contributed by atoms with Crippen LogP contribution in [-0.2, 0) is 25.8 Å². The maximum atomic E-state index is 3.39. The predicted molar refractivity (Wildman–Crippen MR) is 98.5 cm³/mol. The van der Waals surface area contributed by atoms with Gasteiger partial charge in [0.15, 0.2) is 0 Å². The summed E-state index contributed by atoms with van der Waals surface area (Å²) in [6.07, 6.45) is 24.2. The molecule has 2 rings (SSSR count). The van der Waals surface area contributed by atoms with E-state index >= 15 is 0 Å². The molecule has 0 aromatic heterocycles. The number of rotatable bonds is 8. The van der Waals surface area contributed by atoms with E-state index in [1.54, 1.807) is 0 Å². The van der Waals surface area contributed by atoms with Crippen LogP contribution in [0.25, 0.3) is 0 Å². The van der Waals surface area contributed by atoms with Gasteiger partial charge in [0.1, 0.15) is 0 Å². The first kappa shape index (κ1) is 30.1. The smallest absolute Gasteiger partial charge is 1.00 e. The maximum absolute atomic E-state index is 3.39. The maximum Gasteiger partial charge on any atom is 4.00 e. The van der Waals surface area contributed by atoms with Gasteiger partial charge in [-0.2, -0.15) is 11.1 Å². The van der Waals surface area contributed by atoms with Gasteiger partial charge in [-0.25, -0.2) is 35.5 Å². The summed E-state index contributed by atoms with van der Waals surface area (Å²) in [4.78, 5) is 0. The van der Waals surface area contributed by atoms with Crippen molar-refractivity contribution in [2.75, 3.05) is 0 Å². The third kappa shape index (κ3) is 15.2. The molecule has 0 saturated heterocycles. The average Bonchev–Trinajstić information content (AvgIpc) is 3.09. The Morgan fingerprint density at radius 1 is 0.720 bits per heavy atom. The van der Waals surface area contributed by atoms with Gasteiger partial charge in [-0.05, 0) is 0 Å². The van der Waals surface area contributed by atoms with Crippen LogP contribution in [0.2, 0.25) is 0 Å². The van der Waals surface area contributed by atoms with Crippen molar-refractivity contribution in [1.82, 2.24) is 0 Å².